The fourth-order valence-corrected chi connectivity index (χ4v) is 2.01. The quantitative estimate of drug-likeness (QED) is 0.916. The zero-order valence-electron chi connectivity index (χ0n) is 9.72. The molecule has 0 radical (unpaired) electrons. The van der Waals surface area contributed by atoms with Crippen molar-refractivity contribution in [2.75, 3.05) is 0 Å². The fraction of sp³-hybridized carbons (Fsp3) is 0.154. The Labute approximate surface area is 116 Å². The van der Waals surface area contributed by atoms with Crippen LogP contribution in [0, 0.1) is 5.41 Å². The van der Waals surface area contributed by atoms with Gasteiger partial charge in [0.15, 0.2) is 0 Å². The van der Waals surface area contributed by atoms with Crippen molar-refractivity contribution in [3.8, 4) is 0 Å². The van der Waals surface area contributed by atoms with Gasteiger partial charge in [-0.05, 0) is 17.7 Å². The number of fused-ring (bicyclic) bond motifs is 1. The van der Waals surface area contributed by atoms with Crippen molar-refractivity contribution in [2.24, 2.45) is 0 Å². The molecule has 0 saturated heterocycles. The summed E-state index contributed by atoms with van der Waals surface area (Å²) in [5.74, 6) is 1.39. The Hall–Kier alpha value is -1.59. The van der Waals surface area contributed by atoms with Crippen molar-refractivity contribution in [3.05, 3.63) is 59.5 Å². The molecule has 0 aliphatic carbocycles. The van der Waals surface area contributed by atoms with Crippen LogP contribution in [0.3, 0.4) is 0 Å². The van der Waals surface area contributed by atoms with Gasteiger partial charge in [0, 0.05) is 5.56 Å². The van der Waals surface area contributed by atoms with Gasteiger partial charge in [0.2, 0.25) is 0 Å². The highest BCUT2D eigenvalue weighted by atomic mass is 79.9. The third kappa shape index (κ3) is 2.32. The molecule has 1 aliphatic heterocycles. The predicted octanol–water partition coefficient (Wildman–Crippen LogP) is 2.70. The van der Waals surface area contributed by atoms with Gasteiger partial charge in [0.05, 0.1) is 19.4 Å². The molecule has 0 spiro atoms. The Balaban J connectivity index is 0.00000120. The number of halogens is 1. The molecule has 2 N–H and O–H groups in total. The molecule has 1 aromatic carbocycles. The van der Waals surface area contributed by atoms with E-state index in [2.05, 4.69) is 11.5 Å². The first kappa shape index (κ1) is 12.9. The van der Waals surface area contributed by atoms with E-state index in [1.54, 1.807) is 6.26 Å². The monoisotopic (exact) mass is 307 g/mol. The van der Waals surface area contributed by atoms with Crippen LogP contribution < -0.4 is 5.43 Å². The third-order valence-electron chi connectivity index (χ3n) is 2.90. The first-order valence-corrected chi connectivity index (χ1v) is 5.55. The molecular formula is C13H14BrN3O. The topological polar surface area (TPSA) is 52.3 Å². The van der Waals surface area contributed by atoms with E-state index >= 15 is 0 Å². The summed E-state index contributed by atoms with van der Waals surface area (Å²) in [7, 11) is 0. The summed E-state index contributed by atoms with van der Waals surface area (Å²) in [6.45, 7) is 1.33. The van der Waals surface area contributed by atoms with Crippen LogP contribution in [0.5, 0.6) is 0 Å². The molecule has 2 heterocycles. The molecule has 4 nitrogen and oxygen atoms in total. The van der Waals surface area contributed by atoms with Gasteiger partial charge in [-0.3, -0.25) is 10.4 Å². The molecule has 1 aromatic heterocycles. The lowest BCUT2D eigenvalue weighted by Gasteiger charge is -2.18. The minimum Gasteiger partial charge on any atom is -0.468 e. The minimum absolute atomic E-state index is 0. The standard InChI is InChI=1S/C13H13N3O.BrH/c14-13-12-6-2-1-4-10(12)9-16(13)15-8-11-5-3-7-17-11;/h1-7,14-15H,8-9H2;1H. The van der Waals surface area contributed by atoms with Crippen LogP contribution in [0.4, 0.5) is 0 Å². The van der Waals surface area contributed by atoms with Crippen molar-refractivity contribution < 1.29 is 4.42 Å². The van der Waals surface area contributed by atoms with Crippen molar-refractivity contribution in [1.82, 2.24) is 10.4 Å². The van der Waals surface area contributed by atoms with Gasteiger partial charge in [0.1, 0.15) is 11.6 Å². The maximum Gasteiger partial charge on any atom is 0.143 e. The van der Waals surface area contributed by atoms with Crippen molar-refractivity contribution in [3.63, 3.8) is 0 Å². The van der Waals surface area contributed by atoms with E-state index in [9.17, 15) is 0 Å². The Morgan fingerprint density at radius 3 is 2.78 bits per heavy atom. The Kier molecular flexibility index (Phi) is 3.84. The van der Waals surface area contributed by atoms with Crippen LogP contribution in [0.2, 0.25) is 0 Å². The maximum atomic E-state index is 8.05. The number of nitrogens with zero attached hydrogens (tertiary/aromatic N) is 1. The predicted molar refractivity (Wildman–Crippen MR) is 74.7 cm³/mol. The molecule has 2 aromatic rings. The van der Waals surface area contributed by atoms with Crippen LogP contribution in [-0.2, 0) is 13.1 Å². The number of furan rings is 1. The lowest BCUT2D eigenvalue weighted by molar-refractivity contribution is 0.290. The third-order valence-corrected chi connectivity index (χ3v) is 2.90. The number of rotatable bonds is 3. The van der Waals surface area contributed by atoms with Crippen molar-refractivity contribution in [1.29, 1.82) is 5.41 Å². The molecule has 0 unspecified atom stereocenters. The summed E-state index contributed by atoms with van der Waals surface area (Å²) < 4.78 is 5.25. The summed E-state index contributed by atoms with van der Waals surface area (Å²) in [6.07, 6.45) is 1.65. The van der Waals surface area contributed by atoms with Crippen LogP contribution in [0.1, 0.15) is 16.9 Å². The van der Waals surface area contributed by atoms with Gasteiger partial charge in [-0.1, -0.05) is 24.3 Å². The first-order valence-electron chi connectivity index (χ1n) is 5.55. The van der Waals surface area contributed by atoms with Crippen LogP contribution in [0.15, 0.2) is 47.1 Å². The molecule has 5 heteroatoms. The van der Waals surface area contributed by atoms with Gasteiger partial charge in [-0.15, -0.1) is 17.0 Å². The second kappa shape index (κ2) is 5.37. The molecule has 0 amide bonds. The zero-order valence-corrected chi connectivity index (χ0v) is 11.4. The van der Waals surface area contributed by atoms with Crippen molar-refractivity contribution in [2.45, 2.75) is 13.1 Å². The number of benzene rings is 1. The van der Waals surface area contributed by atoms with E-state index in [1.165, 1.54) is 5.56 Å². The highest BCUT2D eigenvalue weighted by molar-refractivity contribution is 8.93. The Bertz CT molecular complexity index is 539. The van der Waals surface area contributed by atoms with Gasteiger partial charge in [-0.2, -0.15) is 0 Å². The summed E-state index contributed by atoms with van der Waals surface area (Å²) in [5.41, 5.74) is 5.38. The van der Waals surface area contributed by atoms with Gasteiger partial charge < -0.3 is 4.42 Å². The largest absolute Gasteiger partial charge is 0.468 e. The number of amidine groups is 1. The molecule has 0 bridgehead atoms. The van der Waals surface area contributed by atoms with Crippen LogP contribution >= 0.6 is 17.0 Å². The average Bonchev–Trinajstić information content (AvgIpc) is 2.96. The van der Waals surface area contributed by atoms with E-state index in [0.717, 1.165) is 17.9 Å². The summed E-state index contributed by atoms with van der Waals surface area (Å²) in [6, 6.07) is 11.8. The SMILES string of the molecule is Br.N=C1c2ccccc2CN1NCc1ccco1. The normalized spacial score (nSPS) is 13.3. The summed E-state index contributed by atoms with van der Waals surface area (Å²) in [4.78, 5) is 0. The number of hydrazine groups is 1. The zero-order chi connectivity index (χ0) is 11.7. The van der Waals surface area contributed by atoms with Gasteiger partial charge in [0.25, 0.3) is 0 Å². The van der Waals surface area contributed by atoms with E-state index in [-0.39, 0.29) is 17.0 Å². The van der Waals surface area contributed by atoms with E-state index < -0.39 is 0 Å². The highest BCUT2D eigenvalue weighted by Gasteiger charge is 2.23. The molecule has 0 saturated carbocycles. The number of hydrogen-bond acceptors (Lipinski definition) is 3. The van der Waals surface area contributed by atoms with Gasteiger partial charge >= 0.3 is 0 Å². The Morgan fingerprint density at radius 2 is 2.06 bits per heavy atom. The van der Waals surface area contributed by atoms with Crippen molar-refractivity contribution >= 4 is 22.8 Å². The Morgan fingerprint density at radius 1 is 1.22 bits per heavy atom. The van der Waals surface area contributed by atoms with E-state index in [1.807, 2.05) is 35.3 Å². The minimum atomic E-state index is 0. The lowest BCUT2D eigenvalue weighted by atomic mass is 10.1. The molecule has 18 heavy (non-hydrogen) atoms. The molecule has 0 atom stereocenters. The smallest absolute Gasteiger partial charge is 0.143 e. The van der Waals surface area contributed by atoms with E-state index in [0.29, 0.717) is 12.4 Å². The van der Waals surface area contributed by atoms with Gasteiger partial charge in [-0.25, -0.2) is 5.43 Å². The van der Waals surface area contributed by atoms with Crippen LogP contribution in [0.25, 0.3) is 0 Å². The fourth-order valence-electron chi connectivity index (χ4n) is 2.01. The van der Waals surface area contributed by atoms with Crippen LogP contribution in [-0.4, -0.2) is 10.8 Å². The molecule has 1 aliphatic rings. The molecule has 0 fully saturated rings. The highest BCUT2D eigenvalue weighted by Crippen LogP contribution is 2.20. The molecule has 3 rings (SSSR count). The summed E-state index contributed by atoms with van der Waals surface area (Å²) >= 11 is 0. The number of hydrogen-bond donors (Lipinski definition) is 2. The average molecular weight is 308 g/mol. The van der Waals surface area contributed by atoms with E-state index in [4.69, 9.17) is 9.83 Å². The number of nitrogens with one attached hydrogen (secondary N) is 2. The lowest BCUT2D eigenvalue weighted by Crippen LogP contribution is -2.37. The maximum absolute atomic E-state index is 8.05. The second-order valence-corrected chi connectivity index (χ2v) is 4.01. The molecular weight excluding hydrogens is 294 g/mol. The second-order valence-electron chi connectivity index (χ2n) is 4.01. The molecule has 94 valence electrons. The first-order chi connectivity index (χ1) is 8.34. The summed E-state index contributed by atoms with van der Waals surface area (Å²) in [5, 5.41) is 9.89.